The van der Waals surface area contributed by atoms with Gasteiger partial charge in [0.25, 0.3) is 5.91 Å². The van der Waals surface area contributed by atoms with E-state index in [-0.39, 0.29) is 12.5 Å². The first-order valence-electron chi connectivity index (χ1n) is 11.4. The summed E-state index contributed by atoms with van der Waals surface area (Å²) in [6.45, 7) is 2.10. The van der Waals surface area contributed by atoms with E-state index in [0.29, 0.717) is 11.3 Å². The molecular weight excluding hydrogens is 524 g/mol. The first-order chi connectivity index (χ1) is 16.7. The molecule has 1 N–H and O–H groups in total. The number of benzene rings is 4. The molecule has 0 aromatic heterocycles. The van der Waals surface area contributed by atoms with Gasteiger partial charge in [-0.05, 0) is 83.8 Å². The van der Waals surface area contributed by atoms with E-state index in [0.717, 1.165) is 39.5 Å². The van der Waals surface area contributed by atoms with E-state index in [9.17, 15) is 13.2 Å². The molecule has 4 aromatic rings. The molecule has 0 atom stereocenters. The number of sulfonamides is 1. The zero-order valence-corrected chi connectivity index (χ0v) is 21.9. The third-order valence-corrected chi connectivity index (χ3v) is 8.53. The van der Waals surface area contributed by atoms with Crippen LogP contribution in [0.2, 0.25) is 0 Å². The minimum atomic E-state index is -3.50. The molecule has 0 aliphatic heterocycles. The van der Waals surface area contributed by atoms with Gasteiger partial charge in [-0.2, -0.15) is 0 Å². The largest absolute Gasteiger partial charge is 0.321 e. The Morgan fingerprint density at radius 2 is 1.69 bits per heavy atom. The maximum absolute atomic E-state index is 13.0. The van der Waals surface area contributed by atoms with Crippen molar-refractivity contribution in [2.24, 2.45) is 0 Å². The molecule has 1 aliphatic rings. The Balaban J connectivity index is 1.36. The summed E-state index contributed by atoms with van der Waals surface area (Å²) in [6, 6.07) is 22.8. The molecule has 178 valence electrons. The molecule has 0 heterocycles. The second kappa shape index (κ2) is 9.13. The fraction of sp³-hybridized carbons (Fsp3) is 0.179. The molecule has 0 fully saturated rings. The molecule has 7 heteroatoms. The van der Waals surface area contributed by atoms with Gasteiger partial charge in [0.15, 0.2) is 0 Å². The molecule has 35 heavy (non-hydrogen) atoms. The summed E-state index contributed by atoms with van der Waals surface area (Å²) in [5.74, 6) is -0.196. The molecule has 0 radical (unpaired) electrons. The summed E-state index contributed by atoms with van der Waals surface area (Å²) in [5, 5.41) is 5.38. The summed E-state index contributed by atoms with van der Waals surface area (Å²) < 4.78 is 27.3. The Morgan fingerprint density at radius 1 is 0.971 bits per heavy atom. The van der Waals surface area contributed by atoms with E-state index in [4.69, 9.17) is 0 Å². The third-order valence-electron chi connectivity index (χ3n) is 6.50. The molecule has 4 aromatic carbocycles. The first-order valence-corrected chi connectivity index (χ1v) is 14.0. The van der Waals surface area contributed by atoms with Gasteiger partial charge in [-0.25, -0.2) is 8.42 Å². The van der Waals surface area contributed by atoms with E-state index in [1.807, 2.05) is 31.2 Å². The number of hydrogen-bond donors (Lipinski definition) is 1. The van der Waals surface area contributed by atoms with Crippen molar-refractivity contribution in [2.75, 3.05) is 15.9 Å². The summed E-state index contributed by atoms with van der Waals surface area (Å²) in [5.41, 5.74) is 6.31. The van der Waals surface area contributed by atoms with Gasteiger partial charge < -0.3 is 5.32 Å². The molecular formula is C28H25BrN2O3S. The number of carbonyl (C=O) groups excluding carboxylic acids is 1. The number of nitrogens with zero attached hydrogens (tertiary/aromatic N) is 1. The smallest absolute Gasteiger partial charge is 0.255 e. The van der Waals surface area contributed by atoms with Crippen molar-refractivity contribution in [3.8, 4) is 0 Å². The molecule has 1 aliphatic carbocycles. The maximum Gasteiger partial charge on any atom is 0.255 e. The first kappa shape index (κ1) is 23.6. The average Bonchev–Trinajstić information content (AvgIpc) is 3.25. The summed E-state index contributed by atoms with van der Waals surface area (Å²) in [6.07, 6.45) is 3.27. The van der Waals surface area contributed by atoms with Crippen LogP contribution in [0.3, 0.4) is 0 Å². The zero-order valence-electron chi connectivity index (χ0n) is 19.5. The fourth-order valence-corrected chi connectivity index (χ4v) is 5.79. The topological polar surface area (TPSA) is 66.5 Å². The van der Waals surface area contributed by atoms with Gasteiger partial charge >= 0.3 is 0 Å². The minimum absolute atomic E-state index is 0.177. The third kappa shape index (κ3) is 4.70. The lowest BCUT2D eigenvalue weighted by atomic mass is 10.0. The normalized spacial score (nSPS) is 12.7. The van der Waals surface area contributed by atoms with Crippen LogP contribution in [-0.4, -0.2) is 20.6 Å². The number of rotatable bonds is 6. The molecule has 5 nitrogen and oxygen atoms in total. The highest BCUT2D eigenvalue weighted by molar-refractivity contribution is 9.10. The van der Waals surface area contributed by atoms with Crippen molar-refractivity contribution in [1.29, 1.82) is 0 Å². The highest BCUT2D eigenvalue weighted by Gasteiger charge is 2.20. The average molecular weight is 549 g/mol. The van der Waals surface area contributed by atoms with Crippen molar-refractivity contribution in [1.82, 2.24) is 0 Å². The second-order valence-corrected chi connectivity index (χ2v) is 11.7. The van der Waals surface area contributed by atoms with Crippen LogP contribution in [0.25, 0.3) is 10.8 Å². The highest BCUT2D eigenvalue weighted by atomic mass is 79.9. The van der Waals surface area contributed by atoms with Crippen molar-refractivity contribution in [3.63, 3.8) is 0 Å². The molecule has 0 bridgehead atoms. The van der Waals surface area contributed by atoms with Gasteiger partial charge in [0.1, 0.15) is 0 Å². The van der Waals surface area contributed by atoms with Gasteiger partial charge in [0, 0.05) is 21.1 Å². The van der Waals surface area contributed by atoms with Crippen LogP contribution in [0.1, 0.15) is 32.6 Å². The van der Waals surface area contributed by atoms with Gasteiger partial charge in [-0.3, -0.25) is 9.10 Å². The van der Waals surface area contributed by atoms with E-state index < -0.39 is 10.0 Å². The van der Waals surface area contributed by atoms with E-state index in [2.05, 4.69) is 39.4 Å². The molecule has 0 spiro atoms. The van der Waals surface area contributed by atoms with Crippen LogP contribution in [-0.2, 0) is 29.4 Å². The predicted molar refractivity (Wildman–Crippen MR) is 146 cm³/mol. The van der Waals surface area contributed by atoms with Gasteiger partial charge in [-0.1, -0.05) is 52.3 Å². The van der Waals surface area contributed by atoms with Gasteiger partial charge in [0.2, 0.25) is 10.0 Å². The van der Waals surface area contributed by atoms with Crippen LogP contribution in [0, 0.1) is 6.92 Å². The van der Waals surface area contributed by atoms with Crippen LogP contribution in [0.15, 0.2) is 77.3 Å². The number of nitrogens with one attached hydrogen (secondary N) is 1. The maximum atomic E-state index is 13.0. The summed E-state index contributed by atoms with van der Waals surface area (Å²) >= 11 is 3.46. The highest BCUT2D eigenvalue weighted by Crippen LogP contribution is 2.35. The Labute approximate surface area is 214 Å². The van der Waals surface area contributed by atoms with Crippen molar-refractivity contribution >= 4 is 54.0 Å². The van der Waals surface area contributed by atoms with Crippen molar-refractivity contribution in [3.05, 3.63) is 105 Å². The van der Waals surface area contributed by atoms with Gasteiger partial charge in [0.05, 0.1) is 18.5 Å². The lowest BCUT2D eigenvalue weighted by molar-refractivity contribution is 0.102. The number of halogens is 1. The quantitative estimate of drug-likeness (QED) is 0.310. The SMILES string of the molecule is Cc1cc(N(Cc2ccc(C(=O)Nc3ccc4c5c(cccc35)CC4)cc2)S(C)(=O)=O)ccc1Br. The number of hydrogen-bond acceptors (Lipinski definition) is 3. The minimum Gasteiger partial charge on any atom is -0.321 e. The Morgan fingerprint density at radius 3 is 2.37 bits per heavy atom. The number of anilines is 2. The van der Waals surface area contributed by atoms with E-state index in [1.165, 1.54) is 27.1 Å². The molecule has 0 unspecified atom stereocenters. The number of amides is 1. The molecule has 0 saturated heterocycles. The number of carbonyl (C=O) groups is 1. The Kier molecular flexibility index (Phi) is 6.15. The van der Waals surface area contributed by atoms with E-state index >= 15 is 0 Å². The van der Waals surface area contributed by atoms with Gasteiger partial charge in [-0.15, -0.1) is 0 Å². The predicted octanol–water partition coefficient (Wildman–Crippen LogP) is 6.23. The van der Waals surface area contributed by atoms with Crippen LogP contribution in [0.4, 0.5) is 11.4 Å². The monoisotopic (exact) mass is 548 g/mol. The molecule has 0 saturated carbocycles. The summed E-state index contributed by atoms with van der Waals surface area (Å²) in [4.78, 5) is 13.0. The second-order valence-electron chi connectivity index (χ2n) is 8.97. The Hall–Kier alpha value is -3.16. The zero-order chi connectivity index (χ0) is 24.7. The number of aryl methyl sites for hydroxylation is 3. The fourth-order valence-electron chi connectivity index (χ4n) is 4.66. The van der Waals surface area contributed by atoms with Crippen LogP contribution < -0.4 is 9.62 Å². The van der Waals surface area contributed by atoms with E-state index in [1.54, 1.807) is 30.3 Å². The van der Waals surface area contributed by atoms with Crippen LogP contribution >= 0.6 is 15.9 Å². The Bertz CT molecular complexity index is 1550. The molecule has 5 rings (SSSR count). The lowest BCUT2D eigenvalue weighted by Crippen LogP contribution is -2.29. The van der Waals surface area contributed by atoms with Crippen LogP contribution in [0.5, 0.6) is 0 Å². The lowest BCUT2D eigenvalue weighted by Gasteiger charge is -2.23. The van der Waals surface area contributed by atoms with Crippen molar-refractivity contribution in [2.45, 2.75) is 26.3 Å². The summed E-state index contributed by atoms with van der Waals surface area (Å²) in [7, 11) is -3.50. The standard InChI is InChI=1S/C28H25BrN2O3S/c1-18-16-23(13-14-25(18)29)31(35(2,33)34)17-19-6-8-22(9-7-19)28(32)30-26-15-12-21-11-10-20-4-3-5-24(26)27(20)21/h3-9,12-16H,10-11,17H2,1-2H3,(H,30,32). The van der Waals surface area contributed by atoms with Crippen molar-refractivity contribution < 1.29 is 13.2 Å². The molecule has 1 amide bonds.